The van der Waals surface area contributed by atoms with E-state index in [0.29, 0.717) is 11.1 Å². The van der Waals surface area contributed by atoms with Gasteiger partial charge in [-0.2, -0.15) is 0 Å². The molecule has 2 aromatic heterocycles. The van der Waals surface area contributed by atoms with Crippen molar-refractivity contribution in [2.24, 2.45) is 0 Å². The first-order chi connectivity index (χ1) is 16.6. The molecule has 4 rings (SSSR count). The molecule has 0 unspecified atom stereocenters. The summed E-state index contributed by atoms with van der Waals surface area (Å²) in [5, 5.41) is 11.1. The molecular formula is C23H18F2N4O5S. The third-order valence-electron chi connectivity index (χ3n) is 5.24. The van der Waals surface area contributed by atoms with Crippen molar-refractivity contribution in [1.82, 2.24) is 9.97 Å². The quantitative estimate of drug-likeness (QED) is 0.203. The molecule has 180 valence electrons. The molecule has 0 saturated carbocycles. The molecule has 0 amide bonds. The van der Waals surface area contributed by atoms with Gasteiger partial charge in [-0.05, 0) is 42.3 Å². The van der Waals surface area contributed by atoms with Gasteiger partial charge in [-0.15, -0.1) is 0 Å². The molecule has 35 heavy (non-hydrogen) atoms. The highest BCUT2D eigenvalue weighted by molar-refractivity contribution is 7.92. The van der Waals surface area contributed by atoms with Crippen LogP contribution >= 0.6 is 0 Å². The van der Waals surface area contributed by atoms with Crippen LogP contribution in [0.4, 0.5) is 20.2 Å². The average molecular weight is 500 g/mol. The number of H-pyrrole nitrogens is 1. The number of halogens is 2. The third-order valence-corrected chi connectivity index (χ3v) is 6.72. The molecule has 2 aromatic carbocycles. The molecule has 0 bridgehead atoms. The van der Waals surface area contributed by atoms with E-state index in [0.717, 1.165) is 12.1 Å². The molecule has 2 N–H and O–H groups in total. The Morgan fingerprint density at radius 2 is 1.86 bits per heavy atom. The van der Waals surface area contributed by atoms with Crippen LogP contribution in [0.1, 0.15) is 29.3 Å². The molecule has 0 spiro atoms. The summed E-state index contributed by atoms with van der Waals surface area (Å²) in [7, 11) is -3.88. The third kappa shape index (κ3) is 4.73. The normalized spacial score (nSPS) is 11.5. The van der Waals surface area contributed by atoms with E-state index in [1.165, 1.54) is 36.7 Å². The fraction of sp³-hybridized carbons (Fsp3) is 0.130. The number of carbonyl (C=O) groups is 1. The lowest BCUT2D eigenvalue weighted by atomic mass is 10.00. The lowest BCUT2D eigenvalue weighted by Crippen LogP contribution is -2.18. The number of benzene rings is 2. The van der Waals surface area contributed by atoms with Crippen LogP contribution in [0.15, 0.2) is 54.9 Å². The lowest BCUT2D eigenvalue weighted by Gasteiger charge is -2.11. The zero-order valence-electron chi connectivity index (χ0n) is 18.2. The summed E-state index contributed by atoms with van der Waals surface area (Å²) in [4.78, 5) is 30.5. The van der Waals surface area contributed by atoms with Gasteiger partial charge in [0.1, 0.15) is 11.5 Å². The zero-order valence-corrected chi connectivity index (χ0v) is 19.0. The maximum absolute atomic E-state index is 15.1. The Balaban J connectivity index is 1.76. The van der Waals surface area contributed by atoms with Crippen LogP contribution in [0.3, 0.4) is 0 Å². The summed E-state index contributed by atoms with van der Waals surface area (Å²) in [5.41, 5.74) is -0.253. The Kier molecular flexibility index (Phi) is 6.31. The minimum atomic E-state index is -3.88. The predicted molar refractivity (Wildman–Crippen MR) is 126 cm³/mol. The highest BCUT2D eigenvalue weighted by Crippen LogP contribution is 2.30. The number of ketones is 1. The van der Waals surface area contributed by atoms with Crippen LogP contribution in [0, 0.1) is 21.7 Å². The van der Waals surface area contributed by atoms with Crippen molar-refractivity contribution in [2.75, 3.05) is 10.5 Å². The second kappa shape index (κ2) is 9.22. The predicted octanol–water partition coefficient (Wildman–Crippen LogP) is 4.80. The number of hydrogen-bond donors (Lipinski definition) is 2. The largest absolute Gasteiger partial charge is 0.345 e. The number of nitro benzene ring substituents is 1. The summed E-state index contributed by atoms with van der Waals surface area (Å²) in [5.74, 6) is -3.76. The lowest BCUT2D eigenvalue weighted by molar-refractivity contribution is -0.384. The van der Waals surface area contributed by atoms with Gasteiger partial charge in [-0.25, -0.2) is 22.2 Å². The van der Waals surface area contributed by atoms with Gasteiger partial charge in [0.2, 0.25) is 15.8 Å². The van der Waals surface area contributed by atoms with E-state index in [4.69, 9.17) is 0 Å². The van der Waals surface area contributed by atoms with Gasteiger partial charge in [-0.3, -0.25) is 19.6 Å². The SMILES string of the molecule is CCCS(=O)(=O)Nc1ccc(F)c(C(=O)c2c[nH]c3ncc(-c4ccc([N+](=O)[O-])cc4)cc23)c1F. The molecule has 0 aliphatic carbocycles. The van der Waals surface area contributed by atoms with E-state index < -0.39 is 43.6 Å². The first-order valence-electron chi connectivity index (χ1n) is 10.4. The highest BCUT2D eigenvalue weighted by Gasteiger charge is 2.26. The molecule has 0 atom stereocenters. The van der Waals surface area contributed by atoms with Gasteiger partial charge in [0.05, 0.1) is 21.9 Å². The minimum Gasteiger partial charge on any atom is -0.345 e. The number of aromatic amines is 1. The van der Waals surface area contributed by atoms with Gasteiger partial charge in [0.15, 0.2) is 5.82 Å². The molecule has 0 aliphatic rings. The van der Waals surface area contributed by atoms with Crippen molar-refractivity contribution >= 4 is 38.2 Å². The standard InChI is InChI=1S/C23H18F2N4O5S/c1-2-9-35(33,34)28-19-8-7-18(24)20(21(19)25)22(30)17-12-27-23-16(17)10-14(11-26-23)13-3-5-15(6-4-13)29(31)32/h3-8,10-12,28H,2,9H2,1H3,(H,26,27). The summed E-state index contributed by atoms with van der Waals surface area (Å²) < 4.78 is 55.8. The van der Waals surface area contributed by atoms with Crippen LogP contribution in [-0.4, -0.2) is 34.8 Å². The van der Waals surface area contributed by atoms with Crippen LogP contribution in [-0.2, 0) is 10.0 Å². The van der Waals surface area contributed by atoms with E-state index in [1.54, 1.807) is 13.0 Å². The highest BCUT2D eigenvalue weighted by atomic mass is 32.2. The van der Waals surface area contributed by atoms with Crippen LogP contribution < -0.4 is 4.72 Å². The van der Waals surface area contributed by atoms with Gasteiger partial charge in [0, 0.05) is 41.0 Å². The van der Waals surface area contributed by atoms with E-state index >= 15 is 4.39 Å². The topological polar surface area (TPSA) is 135 Å². The van der Waals surface area contributed by atoms with Crippen LogP contribution in [0.5, 0.6) is 0 Å². The van der Waals surface area contributed by atoms with Gasteiger partial charge >= 0.3 is 0 Å². The fourth-order valence-corrected chi connectivity index (χ4v) is 4.72. The number of rotatable bonds is 8. The molecule has 12 heteroatoms. The summed E-state index contributed by atoms with van der Waals surface area (Å²) >= 11 is 0. The maximum Gasteiger partial charge on any atom is 0.269 e. The molecule has 0 aliphatic heterocycles. The second-order valence-corrected chi connectivity index (χ2v) is 9.50. The van der Waals surface area contributed by atoms with Gasteiger partial charge < -0.3 is 4.98 Å². The zero-order chi connectivity index (χ0) is 25.3. The molecule has 9 nitrogen and oxygen atoms in total. The Morgan fingerprint density at radius 3 is 2.51 bits per heavy atom. The second-order valence-electron chi connectivity index (χ2n) is 7.66. The Labute approximate surface area is 198 Å². The average Bonchev–Trinajstić information content (AvgIpc) is 3.24. The van der Waals surface area contributed by atoms with Crippen molar-refractivity contribution in [3.63, 3.8) is 0 Å². The number of pyridine rings is 1. The number of nitrogens with one attached hydrogen (secondary N) is 2. The van der Waals surface area contributed by atoms with Crippen LogP contribution in [0.25, 0.3) is 22.2 Å². The molecule has 2 heterocycles. The minimum absolute atomic E-state index is 0.0809. The number of nitrogens with zero attached hydrogens (tertiary/aromatic N) is 2. The number of aromatic nitrogens is 2. The summed E-state index contributed by atoms with van der Waals surface area (Å²) in [6, 6.07) is 8.96. The number of hydrogen-bond acceptors (Lipinski definition) is 6. The van der Waals surface area contributed by atoms with Gasteiger partial charge in [0.25, 0.3) is 5.69 Å². The Hall–Kier alpha value is -4.19. The maximum atomic E-state index is 15.1. The van der Waals surface area contributed by atoms with Crippen molar-refractivity contribution in [2.45, 2.75) is 13.3 Å². The molecule has 4 aromatic rings. The van der Waals surface area contributed by atoms with E-state index in [-0.39, 0.29) is 34.5 Å². The van der Waals surface area contributed by atoms with Crippen molar-refractivity contribution in [3.05, 3.63) is 87.7 Å². The molecular weight excluding hydrogens is 482 g/mol. The first-order valence-corrected chi connectivity index (χ1v) is 12.0. The van der Waals surface area contributed by atoms with Crippen LogP contribution in [0.2, 0.25) is 0 Å². The fourth-order valence-electron chi connectivity index (χ4n) is 3.59. The number of sulfonamides is 1. The van der Waals surface area contributed by atoms with Crippen molar-refractivity contribution in [1.29, 1.82) is 0 Å². The number of carbonyl (C=O) groups excluding carboxylic acids is 1. The molecule has 0 fully saturated rings. The Morgan fingerprint density at radius 1 is 1.14 bits per heavy atom. The van der Waals surface area contributed by atoms with E-state index in [1.807, 2.05) is 4.72 Å². The van der Waals surface area contributed by atoms with Crippen molar-refractivity contribution < 1.29 is 26.9 Å². The Bertz CT molecular complexity index is 1570. The van der Waals surface area contributed by atoms with Crippen molar-refractivity contribution in [3.8, 4) is 11.1 Å². The molecule has 0 radical (unpaired) electrons. The van der Waals surface area contributed by atoms with E-state index in [2.05, 4.69) is 9.97 Å². The van der Waals surface area contributed by atoms with E-state index in [9.17, 15) is 27.7 Å². The smallest absolute Gasteiger partial charge is 0.269 e. The van der Waals surface area contributed by atoms with Gasteiger partial charge in [-0.1, -0.05) is 6.92 Å². The summed E-state index contributed by atoms with van der Waals surface area (Å²) in [6.45, 7) is 1.63. The number of non-ortho nitro benzene ring substituents is 1. The summed E-state index contributed by atoms with van der Waals surface area (Å²) in [6.07, 6.45) is 3.02. The number of anilines is 1. The monoisotopic (exact) mass is 500 g/mol. The molecule has 0 saturated heterocycles. The number of nitro groups is 1. The number of fused-ring (bicyclic) bond motifs is 1. The first kappa shape index (κ1) is 24.0.